The Morgan fingerprint density at radius 2 is 2.14 bits per heavy atom. The first-order valence-electron chi connectivity index (χ1n) is 4.99. The second kappa shape index (κ2) is 4.99. The molecule has 0 aliphatic carbocycles. The molecule has 0 radical (unpaired) electrons. The molecule has 1 nitrogen and oxygen atoms in total. The quantitative estimate of drug-likeness (QED) is 0.716. The molecule has 0 aliphatic heterocycles. The molecule has 0 fully saturated rings. The minimum Gasteiger partial charge on any atom is -0.493 e. The Hall–Kier alpha value is -1.05. The summed E-state index contributed by atoms with van der Waals surface area (Å²) in [6, 6.07) is 5.86. The smallest absolute Gasteiger partial charge is 0.125 e. The third-order valence-electron chi connectivity index (χ3n) is 2.29. The molecule has 0 N–H and O–H groups in total. The lowest BCUT2D eigenvalue weighted by Gasteiger charge is -2.15. The van der Waals surface area contributed by atoms with Crippen molar-refractivity contribution in [3.63, 3.8) is 0 Å². The first-order valence-corrected chi connectivity index (χ1v) is 4.99. The molecule has 0 amide bonds. The van der Waals surface area contributed by atoms with E-state index in [0.29, 0.717) is 6.61 Å². The van der Waals surface area contributed by atoms with Gasteiger partial charge in [-0.15, -0.1) is 0 Å². The van der Waals surface area contributed by atoms with E-state index >= 15 is 0 Å². The van der Waals surface area contributed by atoms with Crippen molar-refractivity contribution in [2.24, 2.45) is 0 Å². The van der Waals surface area contributed by atoms with Crippen LogP contribution in [0.2, 0.25) is 0 Å². The molecule has 0 bridgehead atoms. The summed E-state index contributed by atoms with van der Waals surface area (Å²) in [7, 11) is 0. The number of alkyl halides is 1. The van der Waals surface area contributed by atoms with Gasteiger partial charge in [0.1, 0.15) is 5.75 Å². The fraction of sp³-hybridized carbons (Fsp3) is 0.500. The zero-order chi connectivity index (χ0) is 10.6. The van der Waals surface area contributed by atoms with Gasteiger partial charge >= 0.3 is 0 Å². The number of aryl methyl sites for hydroxylation is 1. The summed E-state index contributed by atoms with van der Waals surface area (Å²) in [4.78, 5) is 0. The van der Waals surface area contributed by atoms with E-state index in [0.717, 1.165) is 16.9 Å². The summed E-state index contributed by atoms with van der Waals surface area (Å²) in [5.74, 6) is 0.761. The van der Waals surface area contributed by atoms with E-state index in [1.165, 1.54) is 0 Å². The van der Waals surface area contributed by atoms with Gasteiger partial charge in [0.15, 0.2) is 0 Å². The van der Waals surface area contributed by atoms with Crippen LogP contribution < -0.4 is 4.74 Å². The van der Waals surface area contributed by atoms with Crippen LogP contribution in [0.1, 0.15) is 30.9 Å². The molecule has 0 aromatic heterocycles. The predicted octanol–water partition coefficient (Wildman–Crippen LogP) is 3.47. The zero-order valence-electron chi connectivity index (χ0n) is 9.01. The fourth-order valence-corrected chi connectivity index (χ4v) is 1.49. The Bertz CT molecular complexity index is 296. The van der Waals surface area contributed by atoms with Gasteiger partial charge in [0.05, 0.1) is 13.3 Å². The summed E-state index contributed by atoms with van der Waals surface area (Å²) in [6.45, 7) is 6.08. The Morgan fingerprint density at radius 3 is 2.71 bits per heavy atom. The van der Waals surface area contributed by atoms with Crippen LogP contribution in [0, 0.1) is 6.92 Å². The Labute approximate surface area is 84.9 Å². The summed E-state index contributed by atoms with van der Waals surface area (Å²) >= 11 is 0. The van der Waals surface area contributed by atoms with Gasteiger partial charge in [-0.2, -0.15) is 0 Å². The topological polar surface area (TPSA) is 9.23 Å². The van der Waals surface area contributed by atoms with E-state index < -0.39 is 0 Å². The molecule has 0 aliphatic rings. The van der Waals surface area contributed by atoms with Crippen LogP contribution in [0.25, 0.3) is 0 Å². The Balaban J connectivity index is 3.07. The van der Waals surface area contributed by atoms with Crippen molar-refractivity contribution in [1.29, 1.82) is 0 Å². The summed E-state index contributed by atoms with van der Waals surface area (Å²) in [5.41, 5.74) is 2.04. The first-order chi connectivity index (χ1) is 6.70. The highest BCUT2D eigenvalue weighted by Crippen LogP contribution is 2.30. The van der Waals surface area contributed by atoms with Crippen molar-refractivity contribution < 1.29 is 9.13 Å². The predicted molar refractivity (Wildman–Crippen MR) is 56.7 cm³/mol. The molecule has 0 spiro atoms. The average Bonchev–Trinajstić information content (AvgIpc) is 2.20. The Kier molecular flexibility index (Phi) is 3.93. The summed E-state index contributed by atoms with van der Waals surface area (Å²) < 4.78 is 18.1. The third kappa shape index (κ3) is 2.25. The van der Waals surface area contributed by atoms with E-state index in [1.54, 1.807) is 0 Å². The Morgan fingerprint density at radius 1 is 1.43 bits per heavy atom. The number of para-hydroxylation sites is 1. The van der Waals surface area contributed by atoms with Crippen molar-refractivity contribution in [1.82, 2.24) is 0 Å². The molecular formula is C12H17FO. The van der Waals surface area contributed by atoms with E-state index in [-0.39, 0.29) is 12.6 Å². The highest BCUT2D eigenvalue weighted by atomic mass is 19.1. The van der Waals surface area contributed by atoms with E-state index in [4.69, 9.17) is 4.74 Å². The van der Waals surface area contributed by atoms with Crippen molar-refractivity contribution in [3.05, 3.63) is 29.3 Å². The van der Waals surface area contributed by atoms with E-state index in [1.807, 2.05) is 39.0 Å². The molecule has 0 saturated carbocycles. The first kappa shape index (κ1) is 11.0. The molecule has 2 heteroatoms. The molecule has 1 aromatic rings. The van der Waals surface area contributed by atoms with Gasteiger partial charge in [-0.1, -0.05) is 25.1 Å². The average molecular weight is 196 g/mol. The highest BCUT2D eigenvalue weighted by Gasteiger charge is 2.12. The number of benzene rings is 1. The van der Waals surface area contributed by atoms with Crippen LogP contribution >= 0.6 is 0 Å². The second-order valence-corrected chi connectivity index (χ2v) is 3.48. The summed E-state index contributed by atoms with van der Waals surface area (Å²) in [6.07, 6.45) is 0. The number of halogens is 1. The standard InChI is InChI=1S/C12H17FO/c1-4-14-12-9(2)6-5-7-11(12)10(3)8-13/h5-7,10H,4,8H2,1-3H3. The maximum absolute atomic E-state index is 12.6. The van der Waals surface area contributed by atoms with Gasteiger partial charge in [-0.3, -0.25) is 4.39 Å². The molecule has 1 unspecified atom stereocenters. The van der Waals surface area contributed by atoms with Crippen LogP contribution in [-0.2, 0) is 0 Å². The minimum atomic E-state index is -0.344. The lowest BCUT2D eigenvalue weighted by atomic mass is 9.99. The minimum absolute atomic E-state index is 0.0866. The van der Waals surface area contributed by atoms with E-state index in [9.17, 15) is 4.39 Å². The van der Waals surface area contributed by atoms with Crippen LogP contribution in [0.4, 0.5) is 4.39 Å². The molecule has 0 heterocycles. The number of rotatable bonds is 4. The maximum Gasteiger partial charge on any atom is 0.125 e. The number of hydrogen-bond donors (Lipinski definition) is 0. The molecule has 0 saturated heterocycles. The normalized spacial score (nSPS) is 12.6. The second-order valence-electron chi connectivity index (χ2n) is 3.48. The van der Waals surface area contributed by atoms with Crippen LogP contribution in [0.3, 0.4) is 0 Å². The molecule has 14 heavy (non-hydrogen) atoms. The fourth-order valence-electron chi connectivity index (χ4n) is 1.49. The van der Waals surface area contributed by atoms with Gasteiger partial charge in [-0.05, 0) is 25.0 Å². The molecular weight excluding hydrogens is 179 g/mol. The molecule has 1 atom stereocenters. The van der Waals surface area contributed by atoms with Crippen LogP contribution in [0.15, 0.2) is 18.2 Å². The van der Waals surface area contributed by atoms with E-state index in [2.05, 4.69) is 0 Å². The lowest BCUT2D eigenvalue weighted by molar-refractivity contribution is 0.328. The lowest BCUT2D eigenvalue weighted by Crippen LogP contribution is -2.03. The monoisotopic (exact) mass is 196 g/mol. The van der Waals surface area contributed by atoms with Crippen molar-refractivity contribution in [2.75, 3.05) is 13.3 Å². The number of ether oxygens (including phenoxy) is 1. The summed E-state index contributed by atoms with van der Waals surface area (Å²) in [5, 5.41) is 0. The van der Waals surface area contributed by atoms with Crippen molar-refractivity contribution in [3.8, 4) is 5.75 Å². The van der Waals surface area contributed by atoms with Gasteiger partial charge in [0.25, 0.3) is 0 Å². The van der Waals surface area contributed by atoms with Crippen LogP contribution in [0.5, 0.6) is 5.75 Å². The SMILES string of the molecule is CCOc1c(C)cccc1C(C)CF. The molecule has 1 rings (SSSR count). The zero-order valence-corrected chi connectivity index (χ0v) is 9.01. The maximum atomic E-state index is 12.6. The van der Waals surface area contributed by atoms with Gasteiger partial charge in [0.2, 0.25) is 0 Å². The molecule has 1 aromatic carbocycles. The van der Waals surface area contributed by atoms with Crippen molar-refractivity contribution >= 4 is 0 Å². The highest BCUT2D eigenvalue weighted by molar-refractivity contribution is 5.42. The van der Waals surface area contributed by atoms with Gasteiger partial charge < -0.3 is 4.74 Å². The number of hydrogen-bond acceptors (Lipinski definition) is 1. The molecule has 78 valence electrons. The third-order valence-corrected chi connectivity index (χ3v) is 2.29. The van der Waals surface area contributed by atoms with Crippen LogP contribution in [-0.4, -0.2) is 13.3 Å². The largest absolute Gasteiger partial charge is 0.493 e. The van der Waals surface area contributed by atoms with Crippen molar-refractivity contribution in [2.45, 2.75) is 26.7 Å². The van der Waals surface area contributed by atoms with Gasteiger partial charge in [-0.25, -0.2) is 0 Å². The van der Waals surface area contributed by atoms with Gasteiger partial charge in [0, 0.05) is 5.92 Å².